The first-order valence-electron chi connectivity index (χ1n) is 10.6. The van der Waals surface area contributed by atoms with Crippen molar-refractivity contribution in [2.75, 3.05) is 0 Å². The molecule has 0 saturated carbocycles. The molecule has 5 rings (SSSR count). The number of aryl methyl sites for hydroxylation is 2. The van der Waals surface area contributed by atoms with E-state index in [1.54, 1.807) is 49.4 Å². The molecule has 0 saturated heterocycles. The number of fused-ring (bicyclic) bond motifs is 3. The molecule has 0 N–H and O–H groups in total. The van der Waals surface area contributed by atoms with Crippen molar-refractivity contribution in [1.82, 2.24) is 9.97 Å². The zero-order valence-electron chi connectivity index (χ0n) is 19.7. The Kier molecular flexibility index (Phi) is 7.34. The van der Waals surface area contributed by atoms with Crippen LogP contribution in [0.1, 0.15) is 11.4 Å². The van der Waals surface area contributed by atoms with Crippen LogP contribution in [0.15, 0.2) is 82.6 Å². The van der Waals surface area contributed by atoms with Crippen molar-refractivity contribution in [1.29, 1.82) is 0 Å². The number of hydrogen-bond acceptors (Lipinski definition) is 8. The van der Waals surface area contributed by atoms with E-state index in [0.29, 0.717) is 44.2 Å². The average Bonchev–Trinajstić information content (AvgIpc) is 2.82. The van der Waals surface area contributed by atoms with Crippen LogP contribution in [0.25, 0.3) is 44.1 Å². The number of aromatic nitrogens is 2. The van der Waals surface area contributed by atoms with Crippen molar-refractivity contribution in [2.45, 2.75) is 23.6 Å². The molecule has 0 aliphatic heterocycles. The Labute approximate surface area is 232 Å². The van der Waals surface area contributed by atoms with Crippen LogP contribution in [0.2, 0.25) is 0 Å². The Hall–Kier alpha value is -2.66. The summed E-state index contributed by atoms with van der Waals surface area (Å²) >= 11 is 0. The summed E-state index contributed by atoms with van der Waals surface area (Å²) in [7, 11) is -7.40. The molecule has 0 spiro atoms. The maximum atomic E-state index is 12.3. The molecule has 2 heterocycles. The van der Waals surface area contributed by atoms with Gasteiger partial charge in [-0.3, -0.25) is 4.98 Å². The minimum absolute atomic E-state index is 0. The Morgan fingerprint density at radius 2 is 1.14 bits per heavy atom. The van der Waals surface area contributed by atoms with Gasteiger partial charge in [0.15, 0.2) is 0 Å². The molecular weight excluding hydrogens is 507 g/mol. The Balaban J connectivity index is 0.00000304. The molecular formula is C26H18N2NaO5S2-. The van der Waals surface area contributed by atoms with Crippen LogP contribution >= 0.6 is 0 Å². The average molecular weight is 526 g/mol. The third kappa shape index (κ3) is 4.47. The maximum Gasteiger partial charge on any atom is 1.00 e. The summed E-state index contributed by atoms with van der Waals surface area (Å²) in [5, 5.41) is 0.989. The van der Waals surface area contributed by atoms with E-state index in [9.17, 15) is 21.4 Å². The van der Waals surface area contributed by atoms with Crippen LogP contribution in [0, 0.1) is 13.8 Å². The molecule has 10 heteroatoms. The van der Waals surface area contributed by atoms with Gasteiger partial charge in [0.2, 0.25) is 0 Å². The van der Waals surface area contributed by atoms with Crippen LogP contribution in [-0.4, -0.2) is 22.9 Å². The van der Waals surface area contributed by atoms with Gasteiger partial charge < -0.3 is 13.0 Å². The zero-order valence-corrected chi connectivity index (χ0v) is 23.3. The standard InChI is InChI=1S/C26H19N2O5S2.Na/c1-15-25(34(29)30)21(17-9-5-3-6-10-17)19-13-14-20-22(18-11-7-4-8-12-18)26(35(31,32)33)16(2)28-24(20)23(19)27-15;/h3-14H,1-2H3,(H,31,32,33);/q-1;+1/p-1. The summed E-state index contributed by atoms with van der Waals surface area (Å²) in [6.07, 6.45) is 0. The van der Waals surface area contributed by atoms with E-state index >= 15 is 0 Å². The van der Waals surface area contributed by atoms with Crippen molar-refractivity contribution in [3.8, 4) is 22.3 Å². The zero-order chi connectivity index (χ0) is 24.9. The monoisotopic (exact) mass is 525 g/mol. The molecule has 0 aliphatic carbocycles. The molecule has 7 nitrogen and oxygen atoms in total. The molecule has 5 aromatic rings. The van der Waals surface area contributed by atoms with Gasteiger partial charge in [0.25, 0.3) is 0 Å². The molecule has 0 bridgehead atoms. The number of nitrogens with zero attached hydrogens (tertiary/aromatic N) is 2. The molecule has 0 fully saturated rings. The number of pyridine rings is 2. The Morgan fingerprint density at radius 1 is 0.694 bits per heavy atom. The van der Waals surface area contributed by atoms with E-state index in [0.717, 1.165) is 0 Å². The van der Waals surface area contributed by atoms with Gasteiger partial charge >= 0.3 is 29.6 Å². The van der Waals surface area contributed by atoms with E-state index < -0.39 is 20.8 Å². The fraction of sp³-hybridized carbons (Fsp3) is 0.0769. The SMILES string of the molecule is Cc1nc2c(ccc3c(-c4ccccc4)c(S(=O)(=O)[O-])c(C)nc32)c(-c2ccccc2)c1[S-](=O)=O.[Na+]. The van der Waals surface area contributed by atoms with Gasteiger partial charge in [-0.15, -0.1) is 0 Å². The fourth-order valence-electron chi connectivity index (χ4n) is 4.55. The summed E-state index contributed by atoms with van der Waals surface area (Å²) in [6, 6.07) is 21.2. The predicted molar refractivity (Wildman–Crippen MR) is 132 cm³/mol. The second kappa shape index (κ2) is 10.0. The summed E-state index contributed by atoms with van der Waals surface area (Å²) in [6.45, 7) is 3.08. The summed E-state index contributed by atoms with van der Waals surface area (Å²) in [5.41, 5.74) is 3.13. The molecule has 0 atom stereocenters. The van der Waals surface area contributed by atoms with Gasteiger partial charge in [0.1, 0.15) is 10.1 Å². The summed E-state index contributed by atoms with van der Waals surface area (Å²) in [4.78, 5) is 8.81. The molecule has 0 radical (unpaired) electrons. The number of hydrogen-bond donors (Lipinski definition) is 0. The van der Waals surface area contributed by atoms with E-state index in [4.69, 9.17) is 0 Å². The molecule has 36 heavy (non-hydrogen) atoms. The van der Waals surface area contributed by atoms with Crippen LogP contribution in [0.4, 0.5) is 0 Å². The maximum absolute atomic E-state index is 12.3. The van der Waals surface area contributed by atoms with Crippen LogP contribution < -0.4 is 29.6 Å². The van der Waals surface area contributed by atoms with Gasteiger partial charge in [-0.2, -0.15) is 0 Å². The molecule has 0 amide bonds. The van der Waals surface area contributed by atoms with Crippen molar-refractivity contribution in [2.24, 2.45) is 0 Å². The van der Waals surface area contributed by atoms with E-state index in [1.165, 1.54) is 6.92 Å². The first-order chi connectivity index (χ1) is 16.7. The van der Waals surface area contributed by atoms with Gasteiger partial charge in [0.05, 0.1) is 21.6 Å². The molecule has 0 aliphatic rings. The van der Waals surface area contributed by atoms with Crippen molar-refractivity contribution in [3.05, 3.63) is 84.2 Å². The topological polar surface area (TPSA) is 117 Å². The minimum atomic E-state index is -4.85. The third-order valence-electron chi connectivity index (χ3n) is 5.90. The van der Waals surface area contributed by atoms with Crippen LogP contribution in [0.3, 0.4) is 0 Å². The van der Waals surface area contributed by atoms with Crippen molar-refractivity contribution in [3.63, 3.8) is 0 Å². The first-order valence-corrected chi connectivity index (χ1v) is 13.1. The smallest absolute Gasteiger partial charge is 0.744 e. The normalized spacial score (nSPS) is 11.7. The number of benzene rings is 3. The van der Waals surface area contributed by atoms with Crippen molar-refractivity contribution < 1.29 is 50.9 Å². The minimum Gasteiger partial charge on any atom is -0.744 e. The van der Waals surface area contributed by atoms with Gasteiger partial charge in [0, 0.05) is 22.0 Å². The Morgan fingerprint density at radius 3 is 1.61 bits per heavy atom. The summed E-state index contributed by atoms with van der Waals surface area (Å²) < 4.78 is 61.3. The molecule has 2 aromatic heterocycles. The number of rotatable bonds is 4. The van der Waals surface area contributed by atoms with Crippen LogP contribution in [-0.2, 0) is 29.2 Å². The van der Waals surface area contributed by atoms with E-state index in [2.05, 4.69) is 9.97 Å². The predicted octanol–water partition coefficient (Wildman–Crippen LogP) is 2.31. The third-order valence-corrected chi connectivity index (χ3v) is 7.73. The van der Waals surface area contributed by atoms with Crippen molar-refractivity contribution >= 4 is 42.6 Å². The fourth-order valence-corrected chi connectivity index (χ4v) is 6.11. The summed E-state index contributed by atoms with van der Waals surface area (Å²) in [5.74, 6) is 0. The molecule has 176 valence electrons. The van der Waals surface area contributed by atoms with Gasteiger partial charge in [-0.25, -0.2) is 13.4 Å². The van der Waals surface area contributed by atoms with E-state index in [1.807, 2.05) is 30.3 Å². The second-order valence-corrected chi connectivity index (χ2v) is 10.3. The van der Waals surface area contributed by atoms with Crippen LogP contribution in [0.5, 0.6) is 0 Å². The largest absolute Gasteiger partial charge is 1.00 e. The second-order valence-electron chi connectivity index (χ2n) is 8.08. The Bertz CT molecular complexity index is 1810. The van der Waals surface area contributed by atoms with Gasteiger partial charge in [-0.1, -0.05) is 77.7 Å². The molecule has 3 aromatic carbocycles. The first kappa shape index (κ1) is 26.4. The quantitative estimate of drug-likeness (QED) is 0.153. The molecule has 0 unspecified atom stereocenters. The van der Waals surface area contributed by atoms with Gasteiger partial charge in [-0.05, 0) is 41.2 Å². The van der Waals surface area contributed by atoms with E-state index in [-0.39, 0.29) is 50.6 Å².